The van der Waals surface area contributed by atoms with Gasteiger partial charge in [0.1, 0.15) is 5.54 Å². The third-order valence-corrected chi connectivity index (χ3v) is 5.78. The van der Waals surface area contributed by atoms with Crippen molar-refractivity contribution in [3.63, 3.8) is 0 Å². The van der Waals surface area contributed by atoms with Crippen molar-refractivity contribution in [1.29, 1.82) is 0 Å². The minimum atomic E-state index is -1.05. The van der Waals surface area contributed by atoms with E-state index in [2.05, 4.69) is 47.4 Å². The van der Waals surface area contributed by atoms with Crippen LogP contribution in [-0.4, -0.2) is 48.4 Å². The fourth-order valence-corrected chi connectivity index (χ4v) is 3.92. The van der Waals surface area contributed by atoms with Crippen LogP contribution < -0.4 is 16.4 Å². The predicted molar refractivity (Wildman–Crippen MR) is 143 cm³/mol. The highest BCUT2D eigenvalue weighted by Gasteiger charge is 2.29. The lowest BCUT2D eigenvalue weighted by molar-refractivity contribution is -0.149. The highest BCUT2D eigenvalue weighted by Crippen LogP contribution is 2.32. The van der Waals surface area contributed by atoms with Crippen molar-refractivity contribution in [2.24, 2.45) is 11.5 Å². The molecule has 1 aromatic heterocycles. The first-order chi connectivity index (χ1) is 17.0. The molecule has 0 aliphatic carbocycles. The van der Waals surface area contributed by atoms with E-state index in [0.29, 0.717) is 32.5 Å². The van der Waals surface area contributed by atoms with Gasteiger partial charge in [0.2, 0.25) is 0 Å². The first kappa shape index (κ1) is 26.1. The number of esters is 1. The molecule has 0 saturated heterocycles. The van der Waals surface area contributed by atoms with Crippen LogP contribution >= 0.6 is 0 Å². The van der Waals surface area contributed by atoms with Crippen LogP contribution in [0.2, 0.25) is 0 Å². The summed E-state index contributed by atoms with van der Waals surface area (Å²) < 4.78 is 5.44. The van der Waals surface area contributed by atoms with Gasteiger partial charge in [-0.3, -0.25) is 4.79 Å². The standard InChI is InChI=1S/C27H30N4O2.CH4O/c1-27(29,15-16-28)26(32)33-18-6-17-31-23(14-12-21-8-3-5-10-25(21)31)19-22-13-11-20-7-2-4-9-24(20)30-22;1-2/h2-5,7-14,19H,6,15-18,28-29H2,1H3;2H,1H3/b23-19+;. The summed E-state index contributed by atoms with van der Waals surface area (Å²) in [5.41, 5.74) is 15.7. The Morgan fingerprint density at radius 2 is 1.83 bits per heavy atom. The molecule has 184 valence electrons. The van der Waals surface area contributed by atoms with Crippen molar-refractivity contribution in [2.75, 3.05) is 31.7 Å². The monoisotopic (exact) mass is 474 g/mol. The number of nitrogens with zero attached hydrogens (tertiary/aromatic N) is 2. The number of fused-ring (bicyclic) bond motifs is 2. The summed E-state index contributed by atoms with van der Waals surface area (Å²) in [4.78, 5) is 19.3. The summed E-state index contributed by atoms with van der Waals surface area (Å²) in [5.74, 6) is -0.414. The van der Waals surface area contributed by atoms with Crippen molar-refractivity contribution in [1.82, 2.24) is 4.98 Å². The molecule has 3 aromatic rings. The average molecular weight is 475 g/mol. The minimum absolute atomic E-state index is 0.292. The molecule has 7 nitrogen and oxygen atoms in total. The predicted octanol–water partition coefficient (Wildman–Crippen LogP) is 3.72. The molecule has 1 aliphatic heterocycles. The molecule has 2 heterocycles. The normalized spacial score (nSPS) is 15.2. The van der Waals surface area contributed by atoms with E-state index >= 15 is 0 Å². The molecular formula is C28H34N4O3. The molecule has 4 rings (SSSR count). The van der Waals surface area contributed by atoms with Crippen LogP contribution in [0.5, 0.6) is 0 Å². The number of hydrogen-bond donors (Lipinski definition) is 3. The van der Waals surface area contributed by atoms with E-state index in [-0.39, 0.29) is 0 Å². The number of anilines is 1. The Balaban J connectivity index is 0.00000167. The Bertz CT molecular complexity index is 1200. The number of benzene rings is 2. The average Bonchev–Trinajstić information content (AvgIpc) is 2.88. The number of carbonyl (C=O) groups is 1. The van der Waals surface area contributed by atoms with Crippen LogP contribution in [0.1, 0.15) is 31.0 Å². The van der Waals surface area contributed by atoms with E-state index < -0.39 is 11.5 Å². The summed E-state index contributed by atoms with van der Waals surface area (Å²) >= 11 is 0. The molecule has 5 N–H and O–H groups in total. The van der Waals surface area contributed by atoms with E-state index in [0.717, 1.165) is 40.7 Å². The van der Waals surface area contributed by atoms with Gasteiger partial charge in [-0.15, -0.1) is 0 Å². The molecule has 35 heavy (non-hydrogen) atoms. The minimum Gasteiger partial charge on any atom is -0.464 e. The second-order valence-electron chi connectivity index (χ2n) is 8.49. The lowest BCUT2D eigenvalue weighted by atomic mass is 10.00. The number of rotatable bonds is 8. The lowest BCUT2D eigenvalue weighted by Crippen LogP contribution is -2.47. The third-order valence-electron chi connectivity index (χ3n) is 5.78. The Labute approximate surface area is 206 Å². The number of nitrogens with two attached hydrogens (primary N) is 2. The molecule has 0 bridgehead atoms. The van der Waals surface area contributed by atoms with E-state index in [1.165, 1.54) is 0 Å². The smallest absolute Gasteiger partial charge is 0.325 e. The SMILES string of the molecule is CC(N)(CCN)C(=O)OCCCN1/C(=C/c2ccc3ccccc3n2)C=Cc2ccccc21.CO. The highest BCUT2D eigenvalue weighted by molar-refractivity contribution is 5.82. The van der Waals surface area contributed by atoms with Gasteiger partial charge in [0, 0.05) is 30.4 Å². The second kappa shape index (κ2) is 12.3. The quantitative estimate of drug-likeness (QED) is 0.337. The van der Waals surface area contributed by atoms with Gasteiger partial charge in [-0.05, 0) is 62.2 Å². The maximum atomic E-state index is 12.3. The molecule has 0 saturated carbocycles. The number of allylic oxidation sites excluding steroid dienone is 1. The Hall–Kier alpha value is -3.52. The van der Waals surface area contributed by atoms with E-state index in [1.54, 1.807) is 6.92 Å². The van der Waals surface area contributed by atoms with Crippen LogP contribution in [-0.2, 0) is 9.53 Å². The van der Waals surface area contributed by atoms with Crippen LogP contribution in [0.3, 0.4) is 0 Å². The number of hydrogen-bond acceptors (Lipinski definition) is 7. The molecule has 2 aromatic carbocycles. The number of aliphatic hydroxyl groups excluding tert-OH is 1. The fraction of sp³-hybridized carbons (Fsp3) is 0.286. The third kappa shape index (κ3) is 6.54. The van der Waals surface area contributed by atoms with Crippen LogP contribution in [0.25, 0.3) is 23.1 Å². The Morgan fingerprint density at radius 1 is 1.09 bits per heavy atom. The first-order valence-corrected chi connectivity index (χ1v) is 11.7. The number of para-hydroxylation sites is 2. The maximum Gasteiger partial charge on any atom is 0.325 e. The summed E-state index contributed by atoms with van der Waals surface area (Å²) in [6.07, 6.45) is 7.36. The second-order valence-corrected chi connectivity index (χ2v) is 8.49. The van der Waals surface area contributed by atoms with Crippen molar-refractivity contribution in [3.8, 4) is 0 Å². The zero-order valence-corrected chi connectivity index (χ0v) is 20.4. The van der Waals surface area contributed by atoms with Crippen molar-refractivity contribution < 1.29 is 14.6 Å². The Morgan fingerprint density at radius 3 is 2.63 bits per heavy atom. The zero-order chi connectivity index (χ0) is 25.3. The highest BCUT2D eigenvalue weighted by atomic mass is 16.5. The van der Waals surface area contributed by atoms with Gasteiger partial charge in [-0.2, -0.15) is 0 Å². The molecule has 0 spiro atoms. The van der Waals surface area contributed by atoms with Crippen LogP contribution in [0.4, 0.5) is 5.69 Å². The summed E-state index contributed by atoms with van der Waals surface area (Å²) in [5, 5.41) is 8.12. The maximum absolute atomic E-state index is 12.3. The topological polar surface area (TPSA) is 115 Å². The molecule has 1 unspecified atom stereocenters. The molecule has 0 fully saturated rings. The molecular weight excluding hydrogens is 440 g/mol. The number of ether oxygens (including phenoxy) is 1. The van der Waals surface area contributed by atoms with Crippen molar-refractivity contribution >= 4 is 34.7 Å². The number of aliphatic hydroxyl groups is 1. The van der Waals surface area contributed by atoms with Gasteiger partial charge >= 0.3 is 5.97 Å². The van der Waals surface area contributed by atoms with Gasteiger partial charge in [0.05, 0.1) is 17.8 Å². The van der Waals surface area contributed by atoms with Gasteiger partial charge < -0.3 is 26.2 Å². The zero-order valence-electron chi connectivity index (χ0n) is 20.4. The fourth-order valence-electron chi connectivity index (χ4n) is 3.92. The summed E-state index contributed by atoms with van der Waals surface area (Å²) in [6.45, 7) is 2.98. The summed E-state index contributed by atoms with van der Waals surface area (Å²) in [7, 11) is 1.00. The van der Waals surface area contributed by atoms with E-state index in [4.69, 9.17) is 26.3 Å². The van der Waals surface area contributed by atoms with E-state index in [9.17, 15) is 4.79 Å². The van der Waals surface area contributed by atoms with Gasteiger partial charge in [-0.1, -0.05) is 48.5 Å². The van der Waals surface area contributed by atoms with Crippen molar-refractivity contribution in [2.45, 2.75) is 25.3 Å². The lowest BCUT2D eigenvalue weighted by Gasteiger charge is -2.30. The van der Waals surface area contributed by atoms with Crippen LogP contribution in [0, 0.1) is 0 Å². The van der Waals surface area contributed by atoms with Crippen LogP contribution in [0.15, 0.2) is 72.4 Å². The van der Waals surface area contributed by atoms with Gasteiger partial charge in [-0.25, -0.2) is 4.98 Å². The summed E-state index contributed by atoms with van der Waals surface area (Å²) in [6, 6.07) is 20.5. The Kier molecular flexibility index (Phi) is 9.14. The molecule has 7 heteroatoms. The van der Waals surface area contributed by atoms with E-state index in [1.807, 2.05) is 36.4 Å². The molecule has 1 atom stereocenters. The largest absolute Gasteiger partial charge is 0.464 e. The molecule has 0 amide bonds. The number of aromatic nitrogens is 1. The number of carbonyl (C=O) groups excluding carboxylic acids is 1. The molecule has 0 radical (unpaired) electrons. The van der Waals surface area contributed by atoms with Gasteiger partial charge in [0.15, 0.2) is 0 Å². The van der Waals surface area contributed by atoms with Crippen molar-refractivity contribution in [3.05, 3.63) is 83.7 Å². The first-order valence-electron chi connectivity index (χ1n) is 11.7. The molecule has 1 aliphatic rings. The van der Waals surface area contributed by atoms with Gasteiger partial charge in [0.25, 0.3) is 0 Å². The number of pyridine rings is 1.